The zero-order valence-corrected chi connectivity index (χ0v) is 12.8. The molecule has 2 aromatic rings. The van der Waals surface area contributed by atoms with Crippen molar-refractivity contribution in [2.45, 2.75) is 26.8 Å². The molecule has 0 saturated carbocycles. The highest BCUT2D eigenvalue weighted by atomic mass is 16.5. The standard InChI is InChI=1S/C17H22N2O2/c1-4-18-13(3)17-10-9-16(12-19-17)21-15-8-6-7-14(11-15)20-5-2/h6-13,18H,4-5H2,1-3H3. The molecule has 1 atom stereocenters. The van der Waals surface area contributed by atoms with E-state index in [1.165, 1.54) is 0 Å². The number of hydrogen-bond donors (Lipinski definition) is 1. The first-order chi connectivity index (χ1) is 10.2. The van der Waals surface area contributed by atoms with Gasteiger partial charge in [0.2, 0.25) is 0 Å². The van der Waals surface area contributed by atoms with Crippen LogP contribution in [0.4, 0.5) is 0 Å². The molecule has 1 N–H and O–H groups in total. The fourth-order valence-electron chi connectivity index (χ4n) is 2.05. The molecule has 0 bridgehead atoms. The first-order valence-corrected chi connectivity index (χ1v) is 7.33. The average molecular weight is 286 g/mol. The summed E-state index contributed by atoms with van der Waals surface area (Å²) in [6.07, 6.45) is 1.75. The Bertz CT molecular complexity index is 555. The van der Waals surface area contributed by atoms with Gasteiger partial charge in [-0.15, -0.1) is 0 Å². The lowest BCUT2D eigenvalue weighted by molar-refractivity contribution is 0.338. The molecule has 1 aromatic carbocycles. The molecule has 0 spiro atoms. The van der Waals surface area contributed by atoms with Gasteiger partial charge in [-0.05, 0) is 44.7 Å². The number of benzene rings is 1. The summed E-state index contributed by atoms with van der Waals surface area (Å²) >= 11 is 0. The predicted octanol–water partition coefficient (Wildman–Crippen LogP) is 3.94. The summed E-state index contributed by atoms with van der Waals surface area (Å²) in [4.78, 5) is 4.43. The second kappa shape index (κ2) is 7.64. The Balaban J connectivity index is 2.04. The van der Waals surface area contributed by atoms with Crippen molar-refractivity contribution in [1.82, 2.24) is 10.3 Å². The Hall–Kier alpha value is -2.07. The molecule has 0 aliphatic rings. The van der Waals surface area contributed by atoms with E-state index in [2.05, 4.69) is 24.1 Å². The predicted molar refractivity (Wildman–Crippen MR) is 84.0 cm³/mol. The molecule has 1 aromatic heterocycles. The highest BCUT2D eigenvalue weighted by Gasteiger charge is 2.06. The maximum Gasteiger partial charge on any atom is 0.145 e. The normalized spacial score (nSPS) is 12.0. The Kier molecular flexibility index (Phi) is 5.58. The molecule has 0 amide bonds. The summed E-state index contributed by atoms with van der Waals surface area (Å²) in [5.74, 6) is 2.27. The molecule has 2 rings (SSSR count). The summed E-state index contributed by atoms with van der Waals surface area (Å²) in [5, 5.41) is 3.33. The third kappa shape index (κ3) is 4.46. The lowest BCUT2D eigenvalue weighted by atomic mass is 10.2. The highest BCUT2D eigenvalue weighted by Crippen LogP contribution is 2.25. The third-order valence-corrected chi connectivity index (χ3v) is 3.07. The molecule has 0 saturated heterocycles. The largest absolute Gasteiger partial charge is 0.494 e. The van der Waals surface area contributed by atoms with Crippen molar-refractivity contribution >= 4 is 0 Å². The molecule has 4 nitrogen and oxygen atoms in total. The Morgan fingerprint density at radius 2 is 1.90 bits per heavy atom. The Morgan fingerprint density at radius 3 is 2.57 bits per heavy atom. The van der Waals surface area contributed by atoms with Crippen LogP contribution in [0.5, 0.6) is 17.2 Å². The van der Waals surface area contributed by atoms with Crippen LogP contribution < -0.4 is 14.8 Å². The van der Waals surface area contributed by atoms with Crippen LogP contribution in [0.15, 0.2) is 42.6 Å². The molecule has 112 valence electrons. The van der Waals surface area contributed by atoms with E-state index in [1.807, 2.05) is 43.3 Å². The molecule has 0 radical (unpaired) electrons. The average Bonchev–Trinajstić information content (AvgIpc) is 2.49. The number of ether oxygens (including phenoxy) is 2. The molecule has 1 unspecified atom stereocenters. The van der Waals surface area contributed by atoms with Gasteiger partial charge in [-0.25, -0.2) is 0 Å². The number of nitrogens with zero attached hydrogens (tertiary/aromatic N) is 1. The maximum atomic E-state index is 5.80. The Labute approximate surface area is 126 Å². The minimum Gasteiger partial charge on any atom is -0.494 e. The summed E-state index contributed by atoms with van der Waals surface area (Å²) < 4.78 is 11.3. The van der Waals surface area contributed by atoms with Crippen molar-refractivity contribution in [2.24, 2.45) is 0 Å². The van der Waals surface area contributed by atoms with E-state index in [4.69, 9.17) is 9.47 Å². The van der Waals surface area contributed by atoms with Gasteiger partial charge in [-0.3, -0.25) is 4.98 Å². The van der Waals surface area contributed by atoms with Crippen LogP contribution in [0.1, 0.15) is 32.5 Å². The maximum absolute atomic E-state index is 5.80. The van der Waals surface area contributed by atoms with Crippen LogP contribution in [0.25, 0.3) is 0 Å². The van der Waals surface area contributed by atoms with Gasteiger partial charge in [0.1, 0.15) is 17.2 Å². The van der Waals surface area contributed by atoms with Crippen molar-refractivity contribution < 1.29 is 9.47 Å². The van der Waals surface area contributed by atoms with E-state index in [-0.39, 0.29) is 6.04 Å². The zero-order chi connectivity index (χ0) is 15.1. The van der Waals surface area contributed by atoms with Crippen molar-refractivity contribution in [2.75, 3.05) is 13.2 Å². The van der Waals surface area contributed by atoms with Gasteiger partial charge in [0.25, 0.3) is 0 Å². The van der Waals surface area contributed by atoms with Crippen LogP contribution in [-0.4, -0.2) is 18.1 Å². The minimum absolute atomic E-state index is 0.241. The summed E-state index contributed by atoms with van der Waals surface area (Å²) in [5.41, 5.74) is 1.01. The van der Waals surface area contributed by atoms with Crippen LogP contribution in [0.2, 0.25) is 0 Å². The fourth-order valence-corrected chi connectivity index (χ4v) is 2.05. The first kappa shape index (κ1) is 15.3. The first-order valence-electron chi connectivity index (χ1n) is 7.33. The number of rotatable bonds is 7. The quantitative estimate of drug-likeness (QED) is 0.837. The van der Waals surface area contributed by atoms with Crippen molar-refractivity contribution in [3.63, 3.8) is 0 Å². The number of nitrogens with one attached hydrogen (secondary N) is 1. The second-order valence-corrected chi connectivity index (χ2v) is 4.71. The zero-order valence-electron chi connectivity index (χ0n) is 12.8. The van der Waals surface area contributed by atoms with Crippen molar-refractivity contribution in [1.29, 1.82) is 0 Å². The lowest BCUT2D eigenvalue weighted by Gasteiger charge is -2.12. The van der Waals surface area contributed by atoms with Crippen LogP contribution in [0, 0.1) is 0 Å². The fraction of sp³-hybridized carbons (Fsp3) is 0.353. The molecule has 4 heteroatoms. The van der Waals surface area contributed by atoms with Gasteiger partial charge in [-0.2, -0.15) is 0 Å². The monoisotopic (exact) mass is 286 g/mol. The van der Waals surface area contributed by atoms with E-state index in [1.54, 1.807) is 6.20 Å². The summed E-state index contributed by atoms with van der Waals surface area (Å²) in [7, 11) is 0. The SMILES string of the molecule is CCNC(C)c1ccc(Oc2cccc(OCC)c2)cn1. The highest BCUT2D eigenvalue weighted by molar-refractivity contribution is 5.36. The van der Waals surface area contributed by atoms with Crippen LogP contribution in [-0.2, 0) is 0 Å². The van der Waals surface area contributed by atoms with E-state index in [0.717, 1.165) is 29.5 Å². The van der Waals surface area contributed by atoms with E-state index in [0.29, 0.717) is 6.61 Å². The van der Waals surface area contributed by atoms with E-state index in [9.17, 15) is 0 Å². The molecule has 21 heavy (non-hydrogen) atoms. The van der Waals surface area contributed by atoms with E-state index >= 15 is 0 Å². The summed E-state index contributed by atoms with van der Waals surface area (Å²) in [6.45, 7) is 7.70. The molecule has 0 fully saturated rings. The topological polar surface area (TPSA) is 43.4 Å². The molecule has 1 heterocycles. The summed E-state index contributed by atoms with van der Waals surface area (Å²) in [6, 6.07) is 11.8. The smallest absolute Gasteiger partial charge is 0.145 e. The van der Waals surface area contributed by atoms with Crippen molar-refractivity contribution in [3.8, 4) is 17.2 Å². The minimum atomic E-state index is 0.241. The lowest BCUT2D eigenvalue weighted by Crippen LogP contribution is -2.18. The molecule has 0 aliphatic carbocycles. The number of pyridine rings is 1. The number of hydrogen-bond acceptors (Lipinski definition) is 4. The molecular formula is C17H22N2O2. The number of aromatic nitrogens is 1. The molecule has 0 aliphatic heterocycles. The van der Waals surface area contributed by atoms with Crippen LogP contribution in [0.3, 0.4) is 0 Å². The second-order valence-electron chi connectivity index (χ2n) is 4.71. The van der Waals surface area contributed by atoms with Crippen molar-refractivity contribution in [3.05, 3.63) is 48.3 Å². The third-order valence-electron chi connectivity index (χ3n) is 3.07. The van der Waals surface area contributed by atoms with Gasteiger partial charge in [0.05, 0.1) is 18.5 Å². The van der Waals surface area contributed by atoms with Gasteiger partial charge >= 0.3 is 0 Å². The molecular weight excluding hydrogens is 264 g/mol. The Morgan fingerprint density at radius 1 is 1.10 bits per heavy atom. The van der Waals surface area contributed by atoms with Gasteiger partial charge in [0, 0.05) is 12.1 Å². The van der Waals surface area contributed by atoms with Gasteiger partial charge < -0.3 is 14.8 Å². The van der Waals surface area contributed by atoms with Gasteiger partial charge in [0.15, 0.2) is 0 Å². The van der Waals surface area contributed by atoms with E-state index < -0.39 is 0 Å². The van der Waals surface area contributed by atoms with Crippen LogP contribution >= 0.6 is 0 Å². The van der Waals surface area contributed by atoms with Gasteiger partial charge in [-0.1, -0.05) is 13.0 Å².